The molecule has 0 saturated heterocycles. The lowest BCUT2D eigenvalue weighted by atomic mass is 9.99. The number of aryl methyl sites for hydroxylation is 1. The highest BCUT2D eigenvalue weighted by Crippen LogP contribution is 2.23. The predicted molar refractivity (Wildman–Crippen MR) is 74.8 cm³/mol. The first-order valence-electron chi connectivity index (χ1n) is 6.30. The molecule has 17 heavy (non-hydrogen) atoms. The van der Waals surface area contributed by atoms with Gasteiger partial charge < -0.3 is 10.1 Å². The molecule has 0 bridgehead atoms. The lowest BCUT2D eigenvalue weighted by molar-refractivity contribution is 0.133. The van der Waals surface area contributed by atoms with E-state index in [1.807, 2.05) is 34.9 Å². The van der Waals surface area contributed by atoms with Gasteiger partial charge in [-0.05, 0) is 36.6 Å². The Bertz CT molecular complexity index is 324. The summed E-state index contributed by atoms with van der Waals surface area (Å²) in [7, 11) is 4.03. The van der Waals surface area contributed by atoms with E-state index in [1.165, 1.54) is 5.56 Å². The van der Waals surface area contributed by atoms with Crippen molar-refractivity contribution in [1.82, 2.24) is 5.48 Å². The zero-order valence-electron chi connectivity index (χ0n) is 11.9. The summed E-state index contributed by atoms with van der Waals surface area (Å²) in [5, 5.41) is 8.97. The molecule has 1 aromatic rings. The maximum Gasteiger partial charge on any atom is 0.0544 e. The number of nitrogens with one attached hydrogen (secondary N) is 1. The molecule has 0 heterocycles. The van der Waals surface area contributed by atoms with Crippen LogP contribution in [0.15, 0.2) is 18.2 Å². The van der Waals surface area contributed by atoms with Crippen LogP contribution < -0.4 is 10.4 Å². The zero-order valence-corrected chi connectivity index (χ0v) is 11.9. The third-order valence-electron chi connectivity index (χ3n) is 2.69. The average molecular weight is 238 g/mol. The monoisotopic (exact) mass is 238 g/mol. The summed E-state index contributed by atoms with van der Waals surface area (Å²) in [5.74, 6) is 0. The lowest BCUT2D eigenvalue weighted by Crippen LogP contribution is -2.16. The smallest absolute Gasteiger partial charge is 0.0544 e. The Morgan fingerprint density at radius 3 is 2.29 bits per heavy atom. The molecule has 0 spiro atoms. The molecule has 3 heteroatoms. The van der Waals surface area contributed by atoms with Gasteiger partial charge in [-0.2, -0.15) is 5.48 Å². The molecule has 1 aromatic carbocycles. The highest BCUT2D eigenvalue weighted by Gasteiger charge is 2.10. The van der Waals surface area contributed by atoms with Gasteiger partial charge in [0.25, 0.3) is 0 Å². The van der Waals surface area contributed by atoms with E-state index in [-0.39, 0.29) is 6.04 Å². The SMILES string of the molecule is CC.CCc1ccc(N(C)C)cc1C(C)NO. The maximum absolute atomic E-state index is 8.97. The van der Waals surface area contributed by atoms with Crippen LogP contribution in [0.3, 0.4) is 0 Å². The zero-order chi connectivity index (χ0) is 13.4. The van der Waals surface area contributed by atoms with Gasteiger partial charge in [-0.15, -0.1) is 0 Å². The molecular formula is C14H26N2O. The van der Waals surface area contributed by atoms with Crippen molar-refractivity contribution >= 4 is 5.69 Å². The molecule has 0 radical (unpaired) electrons. The van der Waals surface area contributed by atoms with Gasteiger partial charge in [0.1, 0.15) is 0 Å². The number of anilines is 1. The molecule has 0 amide bonds. The van der Waals surface area contributed by atoms with Crippen molar-refractivity contribution in [3.05, 3.63) is 29.3 Å². The number of hydroxylamine groups is 1. The van der Waals surface area contributed by atoms with Crippen molar-refractivity contribution in [2.24, 2.45) is 0 Å². The molecule has 1 atom stereocenters. The van der Waals surface area contributed by atoms with Crippen molar-refractivity contribution < 1.29 is 5.21 Å². The van der Waals surface area contributed by atoms with Crippen molar-refractivity contribution in [2.45, 2.75) is 40.2 Å². The van der Waals surface area contributed by atoms with Crippen LogP contribution in [-0.2, 0) is 6.42 Å². The van der Waals surface area contributed by atoms with E-state index in [0.29, 0.717) is 0 Å². The minimum absolute atomic E-state index is 0.0279. The van der Waals surface area contributed by atoms with Gasteiger partial charge >= 0.3 is 0 Å². The molecule has 0 aliphatic carbocycles. The highest BCUT2D eigenvalue weighted by molar-refractivity contribution is 5.50. The van der Waals surface area contributed by atoms with Crippen LogP contribution >= 0.6 is 0 Å². The summed E-state index contributed by atoms with van der Waals surface area (Å²) in [4.78, 5) is 2.06. The molecule has 98 valence electrons. The van der Waals surface area contributed by atoms with E-state index in [0.717, 1.165) is 17.7 Å². The largest absolute Gasteiger partial charge is 0.378 e. The van der Waals surface area contributed by atoms with Crippen LogP contribution in [0, 0.1) is 0 Å². The van der Waals surface area contributed by atoms with Crippen molar-refractivity contribution in [2.75, 3.05) is 19.0 Å². The first-order chi connectivity index (χ1) is 8.10. The summed E-state index contributed by atoms with van der Waals surface area (Å²) >= 11 is 0. The molecule has 2 N–H and O–H groups in total. The van der Waals surface area contributed by atoms with Crippen LogP contribution in [0.2, 0.25) is 0 Å². The number of benzene rings is 1. The Labute approximate surface area is 105 Å². The summed E-state index contributed by atoms with van der Waals surface area (Å²) in [5.41, 5.74) is 5.89. The Hall–Kier alpha value is -1.06. The summed E-state index contributed by atoms with van der Waals surface area (Å²) in [6.07, 6.45) is 0.981. The van der Waals surface area contributed by atoms with Gasteiger partial charge in [0.15, 0.2) is 0 Å². The Morgan fingerprint density at radius 2 is 1.88 bits per heavy atom. The topological polar surface area (TPSA) is 35.5 Å². The van der Waals surface area contributed by atoms with Crippen LogP contribution in [0.25, 0.3) is 0 Å². The third kappa shape index (κ3) is 4.36. The first-order valence-corrected chi connectivity index (χ1v) is 6.30. The van der Waals surface area contributed by atoms with E-state index in [4.69, 9.17) is 5.21 Å². The third-order valence-corrected chi connectivity index (χ3v) is 2.69. The maximum atomic E-state index is 8.97. The first kappa shape index (κ1) is 15.9. The van der Waals surface area contributed by atoms with Crippen LogP contribution in [-0.4, -0.2) is 19.3 Å². The van der Waals surface area contributed by atoms with Crippen LogP contribution in [0.1, 0.15) is 44.9 Å². The van der Waals surface area contributed by atoms with Crippen molar-refractivity contribution in [3.8, 4) is 0 Å². The fraction of sp³-hybridized carbons (Fsp3) is 0.571. The number of rotatable bonds is 4. The molecule has 0 aliphatic heterocycles. The van der Waals surface area contributed by atoms with Crippen LogP contribution in [0.5, 0.6) is 0 Å². The predicted octanol–water partition coefficient (Wildman–Crippen LogP) is 3.38. The Kier molecular flexibility index (Phi) is 7.59. The normalized spacial score (nSPS) is 11.5. The Balaban J connectivity index is 0.00000121. The van der Waals surface area contributed by atoms with Crippen molar-refractivity contribution in [3.63, 3.8) is 0 Å². The molecule has 3 nitrogen and oxygen atoms in total. The van der Waals surface area contributed by atoms with Gasteiger partial charge in [0, 0.05) is 19.8 Å². The molecule has 1 rings (SSSR count). The minimum atomic E-state index is -0.0279. The standard InChI is InChI=1S/C12H20N2O.C2H6/c1-5-10-6-7-11(14(3)4)8-12(10)9(2)13-15;1-2/h6-9,13,15H,5H2,1-4H3;1-2H3. The van der Waals surface area contributed by atoms with Crippen LogP contribution in [0.4, 0.5) is 5.69 Å². The summed E-state index contributed by atoms with van der Waals surface area (Å²) < 4.78 is 0. The Morgan fingerprint density at radius 1 is 1.29 bits per heavy atom. The van der Waals surface area contributed by atoms with E-state index in [1.54, 1.807) is 0 Å². The summed E-state index contributed by atoms with van der Waals surface area (Å²) in [6, 6.07) is 6.32. The lowest BCUT2D eigenvalue weighted by Gasteiger charge is -2.19. The average Bonchev–Trinajstić information content (AvgIpc) is 2.39. The second-order valence-electron chi connectivity index (χ2n) is 3.98. The van der Waals surface area contributed by atoms with Gasteiger partial charge in [-0.25, -0.2) is 0 Å². The molecular weight excluding hydrogens is 212 g/mol. The van der Waals surface area contributed by atoms with Gasteiger partial charge in [-0.1, -0.05) is 26.8 Å². The number of nitrogens with zero attached hydrogens (tertiary/aromatic N) is 1. The minimum Gasteiger partial charge on any atom is -0.378 e. The van der Waals surface area contributed by atoms with Gasteiger partial charge in [-0.3, -0.25) is 0 Å². The van der Waals surface area contributed by atoms with Gasteiger partial charge in [0.05, 0.1) is 6.04 Å². The van der Waals surface area contributed by atoms with E-state index in [9.17, 15) is 0 Å². The van der Waals surface area contributed by atoms with E-state index >= 15 is 0 Å². The quantitative estimate of drug-likeness (QED) is 0.789. The second kappa shape index (κ2) is 8.09. The highest BCUT2D eigenvalue weighted by atomic mass is 16.5. The fourth-order valence-corrected chi connectivity index (χ4v) is 1.66. The fourth-order valence-electron chi connectivity index (χ4n) is 1.66. The second-order valence-corrected chi connectivity index (χ2v) is 3.98. The summed E-state index contributed by atoms with van der Waals surface area (Å²) in [6.45, 7) is 8.08. The van der Waals surface area contributed by atoms with Gasteiger partial charge in [0.2, 0.25) is 0 Å². The number of hydrogen-bond acceptors (Lipinski definition) is 3. The number of hydrogen-bond donors (Lipinski definition) is 2. The van der Waals surface area contributed by atoms with Crippen molar-refractivity contribution in [1.29, 1.82) is 0 Å². The molecule has 0 fully saturated rings. The molecule has 0 aromatic heterocycles. The molecule has 0 saturated carbocycles. The molecule has 0 aliphatic rings. The molecule has 1 unspecified atom stereocenters. The van der Waals surface area contributed by atoms with E-state index in [2.05, 4.69) is 35.5 Å². The van der Waals surface area contributed by atoms with E-state index < -0.39 is 0 Å².